The molecule has 1 aliphatic heterocycles. The number of nitrogens with one attached hydrogen (secondary N) is 1. The summed E-state index contributed by atoms with van der Waals surface area (Å²) >= 11 is 0. The second-order valence-electron chi connectivity index (χ2n) is 5.03. The number of benzene rings is 1. The van der Waals surface area contributed by atoms with Crippen molar-refractivity contribution in [2.45, 2.75) is 26.3 Å². The molecule has 4 nitrogen and oxygen atoms in total. The number of nitrogens with zero attached hydrogens (tertiary/aromatic N) is 2. The molecule has 0 saturated carbocycles. The van der Waals surface area contributed by atoms with Gasteiger partial charge in [-0.1, -0.05) is 25.1 Å². The molecule has 0 fully saturated rings. The van der Waals surface area contributed by atoms with E-state index in [0.717, 1.165) is 17.7 Å². The van der Waals surface area contributed by atoms with Crippen molar-refractivity contribution in [3.63, 3.8) is 0 Å². The van der Waals surface area contributed by atoms with Crippen molar-refractivity contribution in [3.8, 4) is 0 Å². The van der Waals surface area contributed by atoms with E-state index in [1.54, 1.807) is 23.1 Å². The molecule has 1 aromatic heterocycles. The van der Waals surface area contributed by atoms with Crippen molar-refractivity contribution < 1.29 is 9.18 Å². The number of aryl methyl sites for hydroxylation is 1. The highest BCUT2D eigenvalue weighted by molar-refractivity contribution is 5.98. The summed E-state index contributed by atoms with van der Waals surface area (Å²) in [6.45, 7) is 4.46. The van der Waals surface area contributed by atoms with Crippen molar-refractivity contribution >= 4 is 5.91 Å². The number of hydrogen-bond donors (Lipinski definition) is 1. The van der Waals surface area contributed by atoms with Gasteiger partial charge < -0.3 is 4.90 Å². The van der Waals surface area contributed by atoms with Crippen molar-refractivity contribution in [3.05, 3.63) is 52.6 Å². The number of aromatic nitrogens is 2. The summed E-state index contributed by atoms with van der Waals surface area (Å²) in [5, 5.41) is 6.91. The highest BCUT2D eigenvalue weighted by Gasteiger charge is 2.41. The zero-order valence-corrected chi connectivity index (χ0v) is 11.5. The van der Waals surface area contributed by atoms with E-state index in [9.17, 15) is 9.18 Å². The fraction of sp³-hybridized carbons (Fsp3) is 0.333. The Morgan fingerprint density at radius 3 is 2.85 bits per heavy atom. The van der Waals surface area contributed by atoms with Gasteiger partial charge in [0.1, 0.15) is 5.82 Å². The molecule has 0 radical (unpaired) electrons. The lowest BCUT2D eigenvalue weighted by atomic mass is 9.98. The molecule has 104 valence electrons. The summed E-state index contributed by atoms with van der Waals surface area (Å²) in [4.78, 5) is 14.1. The first-order valence-electron chi connectivity index (χ1n) is 6.75. The molecule has 0 unspecified atom stereocenters. The van der Waals surface area contributed by atoms with Gasteiger partial charge in [0.25, 0.3) is 5.91 Å². The minimum atomic E-state index is -0.377. The van der Waals surface area contributed by atoms with Crippen molar-refractivity contribution in [1.29, 1.82) is 0 Å². The molecule has 3 rings (SSSR count). The summed E-state index contributed by atoms with van der Waals surface area (Å²) in [5.41, 5.74) is 2.57. The van der Waals surface area contributed by atoms with E-state index in [1.807, 2.05) is 13.8 Å². The molecule has 2 aromatic rings. The van der Waals surface area contributed by atoms with Crippen LogP contribution in [-0.2, 0) is 0 Å². The molecule has 0 spiro atoms. The van der Waals surface area contributed by atoms with Gasteiger partial charge in [0.2, 0.25) is 0 Å². The quantitative estimate of drug-likeness (QED) is 0.934. The topological polar surface area (TPSA) is 49.0 Å². The number of halogens is 1. The van der Waals surface area contributed by atoms with Crippen LogP contribution in [0, 0.1) is 12.7 Å². The molecule has 0 saturated heterocycles. The highest BCUT2D eigenvalue weighted by atomic mass is 19.1. The Kier molecular flexibility index (Phi) is 3.04. The van der Waals surface area contributed by atoms with Crippen LogP contribution in [0.1, 0.15) is 46.7 Å². The van der Waals surface area contributed by atoms with Crippen LogP contribution in [0.5, 0.6) is 0 Å². The number of carbonyl (C=O) groups excluding carboxylic acids is 1. The van der Waals surface area contributed by atoms with Crippen LogP contribution in [0.2, 0.25) is 0 Å². The SMILES string of the molecule is CCCN1C(=O)c2n[nH]c(C)c2[C@@H]1c1ccccc1F. The molecule has 0 bridgehead atoms. The predicted molar refractivity (Wildman–Crippen MR) is 72.9 cm³/mol. The van der Waals surface area contributed by atoms with Gasteiger partial charge in [-0.25, -0.2) is 4.39 Å². The first-order valence-corrected chi connectivity index (χ1v) is 6.75. The van der Waals surface area contributed by atoms with Crippen molar-refractivity contribution in [1.82, 2.24) is 15.1 Å². The standard InChI is InChI=1S/C15H16FN3O/c1-3-8-19-14(10-6-4-5-7-11(10)16)12-9(2)17-18-13(12)15(19)20/h4-7,14H,3,8H2,1-2H3,(H,17,18)/t14-/m0/s1. The first kappa shape index (κ1) is 12.8. The Morgan fingerprint density at radius 2 is 2.15 bits per heavy atom. The van der Waals surface area contributed by atoms with E-state index >= 15 is 0 Å². The van der Waals surface area contributed by atoms with Gasteiger partial charge in [-0.2, -0.15) is 5.10 Å². The fourth-order valence-corrected chi connectivity index (χ4v) is 2.84. The molecule has 5 heteroatoms. The van der Waals surface area contributed by atoms with Crippen molar-refractivity contribution in [2.75, 3.05) is 6.54 Å². The van der Waals surface area contributed by atoms with Crippen molar-refractivity contribution in [2.24, 2.45) is 0 Å². The Morgan fingerprint density at radius 1 is 1.40 bits per heavy atom. The summed E-state index contributed by atoms with van der Waals surface area (Å²) in [5.74, 6) is -0.417. The third kappa shape index (κ3) is 1.73. The molecule has 1 atom stereocenters. The average Bonchev–Trinajstić information content (AvgIpc) is 2.93. The largest absolute Gasteiger partial charge is 0.326 e. The minimum absolute atomic E-state index is 0.126. The third-order valence-corrected chi connectivity index (χ3v) is 3.71. The van der Waals surface area contributed by atoms with Crippen LogP contribution in [-0.4, -0.2) is 27.5 Å². The second-order valence-corrected chi connectivity index (χ2v) is 5.03. The molecule has 1 amide bonds. The molecule has 1 N–H and O–H groups in total. The molecular weight excluding hydrogens is 257 g/mol. The zero-order chi connectivity index (χ0) is 14.3. The fourth-order valence-electron chi connectivity index (χ4n) is 2.84. The Hall–Kier alpha value is -2.17. The Bertz CT molecular complexity index is 665. The van der Waals surface area contributed by atoms with Gasteiger partial charge in [0.05, 0.1) is 6.04 Å². The average molecular weight is 273 g/mol. The maximum absolute atomic E-state index is 14.1. The van der Waals surface area contributed by atoms with E-state index in [4.69, 9.17) is 0 Å². The van der Waals surface area contributed by atoms with Gasteiger partial charge in [-0.3, -0.25) is 9.89 Å². The number of fused-ring (bicyclic) bond motifs is 1. The lowest BCUT2D eigenvalue weighted by molar-refractivity contribution is 0.0741. The molecule has 1 aromatic carbocycles. The number of amides is 1. The van der Waals surface area contributed by atoms with Crippen LogP contribution in [0.4, 0.5) is 4.39 Å². The van der Waals surface area contributed by atoms with Crippen LogP contribution in [0.25, 0.3) is 0 Å². The smallest absolute Gasteiger partial charge is 0.275 e. The maximum atomic E-state index is 14.1. The van der Waals surface area contributed by atoms with E-state index in [1.165, 1.54) is 6.07 Å². The van der Waals surface area contributed by atoms with E-state index in [0.29, 0.717) is 17.8 Å². The molecule has 2 heterocycles. The monoisotopic (exact) mass is 273 g/mol. The predicted octanol–water partition coefficient (Wildman–Crippen LogP) is 2.81. The van der Waals surface area contributed by atoms with Crippen LogP contribution in [0.15, 0.2) is 24.3 Å². The van der Waals surface area contributed by atoms with E-state index < -0.39 is 0 Å². The summed E-state index contributed by atoms with van der Waals surface area (Å²) in [7, 11) is 0. The first-order chi connectivity index (χ1) is 9.65. The minimum Gasteiger partial charge on any atom is -0.326 e. The van der Waals surface area contributed by atoms with Crippen LogP contribution < -0.4 is 0 Å². The number of hydrogen-bond acceptors (Lipinski definition) is 2. The third-order valence-electron chi connectivity index (χ3n) is 3.71. The highest BCUT2D eigenvalue weighted by Crippen LogP contribution is 2.40. The lowest BCUT2D eigenvalue weighted by Crippen LogP contribution is -2.30. The number of rotatable bonds is 3. The van der Waals surface area contributed by atoms with Gasteiger partial charge in [-0.05, 0) is 19.4 Å². The van der Waals surface area contributed by atoms with Gasteiger partial charge in [-0.15, -0.1) is 0 Å². The molecule has 0 aliphatic carbocycles. The molecule has 20 heavy (non-hydrogen) atoms. The van der Waals surface area contributed by atoms with Gasteiger partial charge in [0.15, 0.2) is 5.69 Å². The number of aromatic amines is 1. The van der Waals surface area contributed by atoms with Gasteiger partial charge in [0, 0.05) is 23.4 Å². The maximum Gasteiger partial charge on any atom is 0.275 e. The lowest BCUT2D eigenvalue weighted by Gasteiger charge is -2.26. The Balaban J connectivity index is 2.17. The number of carbonyl (C=O) groups is 1. The van der Waals surface area contributed by atoms with Crippen LogP contribution >= 0.6 is 0 Å². The second kappa shape index (κ2) is 4.74. The normalized spacial score (nSPS) is 17.6. The van der Waals surface area contributed by atoms with E-state index in [-0.39, 0.29) is 17.8 Å². The summed E-state index contributed by atoms with van der Waals surface area (Å²) in [6.07, 6.45) is 0.823. The molecular formula is C15H16FN3O. The van der Waals surface area contributed by atoms with Gasteiger partial charge >= 0.3 is 0 Å². The van der Waals surface area contributed by atoms with E-state index in [2.05, 4.69) is 10.2 Å². The number of H-pyrrole nitrogens is 1. The zero-order valence-electron chi connectivity index (χ0n) is 11.5. The Labute approximate surface area is 116 Å². The summed E-state index contributed by atoms with van der Waals surface area (Å²) in [6, 6.07) is 6.23. The van der Waals surface area contributed by atoms with Crippen LogP contribution in [0.3, 0.4) is 0 Å². The summed E-state index contributed by atoms with van der Waals surface area (Å²) < 4.78 is 14.1. The molecule has 1 aliphatic rings.